The van der Waals surface area contributed by atoms with Crippen molar-refractivity contribution in [2.24, 2.45) is 0 Å². The summed E-state index contributed by atoms with van der Waals surface area (Å²) in [5.74, 6) is 0.692. The molecule has 1 rings (SSSR count). The number of rotatable bonds is 7. The van der Waals surface area contributed by atoms with Gasteiger partial charge in [0.15, 0.2) is 0 Å². The van der Waals surface area contributed by atoms with Gasteiger partial charge in [0, 0.05) is 18.4 Å². The standard InChI is InChI=1S/C12H16N2O2S/c1-3-13-8-10(2)9-17-12-7-5-4-6-11(12)14(15)16/h4-7,13H,2-3,8-9H2,1H3. The van der Waals surface area contributed by atoms with Crippen molar-refractivity contribution >= 4 is 17.4 Å². The summed E-state index contributed by atoms with van der Waals surface area (Å²) < 4.78 is 0. The van der Waals surface area contributed by atoms with Crippen molar-refractivity contribution in [2.75, 3.05) is 18.8 Å². The third-order valence-corrected chi connectivity index (χ3v) is 3.33. The van der Waals surface area contributed by atoms with Gasteiger partial charge in [0.05, 0.1) is 9.82 Å². The van der Waals surface area contributed by atoms with Crippen LogP contribution in [0.4, 0.5) is 5.69 Å². The van der Waals surface area contributed by atoms with Crippen LogP contribution in [0.5, 0.6) is 0 Å². The number of hydrogen-bond acceptors (Lipinski definition) is 4. The predicted molar refractivity (Wildman–Crippen MR) is 71.5 cm³/mol. The van der Waals surface area contributed by atoms with Gasteiger partial charge in [-0.2, -0.15) is 0 Å². The molecule has 0 heterocycles. The van der Waals surface area contributed by atoms with E-state index in [0.29, 0.717) is 10.6 Å². The molecule has 17 heavy (non-hydrogen) atoms. The van der Waals surface area contributed by atoms with E-state index in [9.17, 15) is 10.1 Å². The second kappa shape index (κ2) is 7.09. The van der Waals surface area contributed by atoms with E-state index in [0.717, 1.165) is 18.7 Å². The van der Waals surface area contributed by atoms with Gasteiger partial charge in [-0.15, -0.1) is 11.8 Å². The quantitative estimate of drug-likeness (QED) is 0.351. The molecule has 1 aromatic carbocycles. The van der Waals surface area contributed by atoms with Crippen LogP contribution in [0.15, 0.2) is 41.3 Å². The van der Waals surface area contributed by atoms with E-state index >= 15 is 0 Å². The van der Waals surface area contributed by atoms with Crippen LogP contribution < -0.4 is 5.32 Å². The minimum Gasteiger partial charge on any atom is -0.313 e. The molecule has 0 unspecified atom stereocenters. The van der Waals surface area contributed by atoms with Crippen LogP contribution in [0.3, 0.4) is 0 Å². The Labute approximate surface area is 105 Å². The molecule has 0 bridgehead atoms. The zero-order valence-electron chi connectivity index (χ0n) is 9.81. The molecule has 1 N–H and O–H groups in total. The molecule has 0 saturated carbocycles. The Balaban J connectivity index is 2.57. The Hall–Kier alpha value is -1.33. The zero-order chi connectivity index (χ0) is 12.7. The van der Waals surface area contributed by atoms with E-state index in [2.05, 4.69) is 11.9 Å². The van der Waals surface area contributed by atoms with Crippen molar-refractivity contribution in [1.82, 2.24) is 5.32 Å². The summed E-state index contributed by atoms with van der Waals surface area (Å²) in [6.07, 6.45) is 0. The third-order valence-electron chi connectivity index (χ3n) is 2.12. The van der Waals surface area contributed by atoms with E-state index < -0.39 is 0 Å². The number of likely N-dealkylation sites (N-methyl/N-ethyl adjacent to an activating group) is 1. The van der Waals surface area contributed by atoms with Crippen molar-refractivity contribution in [3.63, 3.8) is 0 Å². The highest BCUT2D eigenvalue weighted by Crippen LogP contribution is 2.29. The molecule has 0 aliphatic rings. The average Bonchev–Trinajstić information content (AvgIpc) is 2.34. The maximum absolute atomic E-state index is 10.8. The summed E-state index contributed by atoms with van der Waals surface area (Å²) in [6.45, 7) is 7.61. The van der Waals surface area contributed by atoms with Crippen LogP contribution in [0.2, 0.25) is 0 Å². The van der Waals surface area contributed by atoms with E-state index in [4.69, 9.17) is 0 Å². The zero-order valence-corrected chi connectivity index (χ0v) is 10.6. The molecule has 0 aliphatic heterocycles. The second-order valence-corrected chi connectivity index (χ2v) is 4.56. The second-order valence-electron chi connectivity index (χ2n) is 3.54. The lowest BCUT2D eigenvalue weighted by molar-refractivity contribution is -0.387. The first kappa shape index (κ1) is 13.7. The molecule has 0 amide bonds. The number of nitrogens with zero attached hydrogens (tertiary/aromatic N) is 1. The SMILES string of the molecule is C=C(CNCC)CSc1ccccc1[N+](=O)[O-]. The van der Waals surface area contributed by atoms with Gasteiger partial charge in [0.1, 0.15) is 0 Å². The number of thioether (sulfide) groups is 1. The molecule has 0 fully saturated rings. The summed E-state index contributed by atoms with van der Waals surface area (Å²) >= 11 is 1.45. The fraction of sp³-hybridized carbons (Fsp3) is 0.333. The van der Waals surface area contributed by atoms with Crippen LogP contribution in [0.25, 0.3) is 0 Å². The van der Waals surface area contributed by atoms with E-state index in [-0.39, 0.29) is 10.6 Å². The minimum absolute atomic E-state index is 0.161. The summed E-state index contributed by atoms with van der Waals surface area (Å²) in [7, 11) is 0. The Morgan fingerprint density at radius 3 is 2.88 bits per heavy atom. The van der Waals surface area contributed by atoms with Gasteiger partial charge in [0.25, 0.3) is 5.69 Å². The van der Waals surface area contributed by atoms with E-state index in [1.165, 1.54) is 17.8 Å². The van der Waals surface area contributed by atoms with E-state index in [1.807, 2.05) is 13.0 Å². The smallest absolute Gasteiger partial charge is 0.282 e. The lowest BCUT2D eigenvalue weighted by Crippen LogP contribution is -2.16. The molecule has 92 valence electrons. The summed E-state index contributed by atoms with van der Waals surface area (Å²) in [4.78, 5) is 11.1. The highest BCUT2D eigenvalue weighted by molar-refractivity contribution is 7.99. The molecular formula is C12H16N2O2S. The van der Waals surface area contributed by atoms with Crippen molar-refractivity contribution in [3.05, 3.63) is 46.5 Å². The molecule has 0 saturated heterocycles. The van der Waals surface area contributed by atoms with Gasteiger partial charge >= 0.3 is 0 Å². The maximum Gasteiger partial charge on any atom is 0.282 e. The molecule has 0 atom stereocenters. The lowest BCUT2D eigenvalue weighted by Gasteiger charge is -2.06. The Morgan fingerprint density at radius 2 is 2.24 bits per heavy atom. The Kier molecular flexibility index (Phi) is 5.72. The van der Waals surface area contributed by atoms with Crippen LogP contribution in [0.1, 0.15) is 6.92 Å². The molecule has 4 nitrogen and oxygen atoms in total. The van der Waals surface area contributed by atoms with Crippen molar-refractivity contribution in [3.8, 4) is 0 Å². The van der Waals surface area contributed by atoms with Crippen LogP contribution in [0, 0.1) is 10.1 Å². The van der Waals surface area contributed by atoms with Gasteiger partial charge in [-0.3, -0.25) is 10.1 Å². The summed E-state index contributed by atoms with van der Waals surface area (Å²) in [6, 6.07) is 6.77. The van der Waals surface area contributed by atoms with Gasteiger partial charge in [0.2, 0.25) is 0 Å². The fourth-order valence-corrected chi connectivity index (χ4v) is 2.19. The van der Waals surface area contributed by atoms with Crippen LogP contribution in [-0.4, -0.2) is 23.8 Å². The highest BCUT2D eigenvalue weighted by atomic mass is 32.2. The lowest BCUT2D eigenvalue weighted by atomic mass is 10.3. The predicted octanol–water partition coefficient (Wildman–Crippen LogP) is 2.85. The number of benzene rings is 1. The number of nitro benzene ring substituents is 1. The summed E-state index contributed by atoms with van der Waals surface area (Å²) in [5, 5.41) is 14.0. The molecular weight excluding hydrogens is 236 g/mol. The van der Waals surface area contributed by atoms with Crippen molar-refractivity contribution in [2.45, 2.75) is 11.8 Å². The van der Waals surface area contributed by atoms with Crippen molar-refractivity contribution < 1.29 is 4.92 Å². The number of para-hydroxylation sites is 1. The molecule has 0 aliphatic carbocycles. The first-order valence-electron chi connectivity index (χ1n) is 5.38. The largest absolute Gasteiger partial charge is 0.313 e. The number of nitrogens with one attached hydrogen (secondary N) is 1. The topological polar surface area (TPSA) is 55.2 Å². The van der Waals surface area contributed by atoms with Crippen molar-refractivity contribution in [1.29, 1.82) is 0 Å². The Morgan fingerprint density at radius 1 is 1.53 bits per heavy atom. The van der Waals surface area contributed by atoms with E-state index in [1.54, 1.807) is 12.1 Å². The third kappa shape index (κ3) is 4.58. The monoisotopic (exact) mass is 252 g/mol. The average molecular weight is 252 g/mol. The molecule has 0 spiro atoms. The van der Waals surface area contributed by atoms with Gasteiger partial charge in [-0.1, -0.05) is 31.2 Å². The molecule has 0 radical (unpaired) electrons. The van der Waals surface area contributed by atoms with Gasteiger partial charge in [-0.05, 0) is 12.6 Å². The van der Waals surface area contributed by atoms with Gasteiger partial charge < -0.3 is 5.32 Å². The minimum atomic E-state index is -0.352. The maximum atomic E-state index is 10.8. The number of hydrogen-bond donors (Lipinski definition) is 1. The molecule has 1 aromatic rings. The normalized spacial score (nSPS) is 10.2. The van der Waals surface area contributed by atoms with Gasteiger partial charge in [-0.25, -0.2) is 0 Å². The number of nitro groups is 1. The highest BCUT2D eigenvalue weighted by Gasteiger charge is 2.12. The van der Waals surface area contributed by atoms with Crippen LogP contribution in [-0.2, 0) is 0 Å². The Bertz CT molecular complexity index is 407. The van der Waals surface area contributed by atoms with Crippen LogP contribution >= 0.6 is 11.8 Å². The first-order valence-corrected chi connectivity index (χ1v) is 6.37. The summed E-state index contributed by atoms with van der Waals surface area (Å²) in [5.41, 5.74) is 1.20. The molecule has 0 aromatic heterocycles. The fourth-order valence-electron chi connectivity index (χ4n) is 1.26. The first-order chi connectivity index (χ1) is 8.15. The molecule has 5 heteroatoms.